The van der Waals surface area contributed by atoms with Crippen LogP contribution < -0.4 is 5.32 Å². The molecule has 3 unspecified atom stereocenters. The second-order valence-electron chi connectivity index (χ2n) is 6.73. The van der Waals surface area contributed by atoms with Gasteiger partial charge in [-0.2, -0.15) is 5.11 Å². The topological polar surface area (TPSA) is 118 Å². The largest absolute Gasteiger partial charge is 0.394 e. The summed E-state index contributed by atoms with van der Waals surface area (Å²) in [5, 5.41) is 36.6. The summed E-state index contributed by atoms with van der Waals surface area (Å²) in [7, 11) is 0. The molecule has 1 heterocycles. The third kappa shape index (κ3) is 5.25. The molecule has 1 saturated heterocycles. The van der Waals surface area contributed by atoms with Gasteiger partial charge in [-0.3, -0.25) is 0 Å². The molecule has 5 atom stereocenters. The minimum absolute atomic E-state index is 0.219. The van der Waals surface area contributed by atoms with E-state index in [0.29, 0.717) is 12.1 Å². The first-order valence-electron chi connectivity index (χ1n) is 9.18. The number of hydrogen-bond donors (Lipinski definition) is 5. The van der Waals surface area contributed by atoms with E-state index in [1.807, 2.05) is 6.07 Å². The molecule has 11 heteroatoms. The fourth-order valence-corrected chi connectivity index (χ4v) is 4.16. The highest BCUT2D eigenvalue weighted by Crippen LogP contribution is 2.33. The molecular formula is C20H20F3N3O4S. The number of aliphatic hydroxyl groups is 3. The minimum Gasteiger partial charge on any atom is -0.394 e. The van der Waals surface area contributed by atoms with Crippen LogP contribution in [0.15, 0.2) is 58.7 Å². The van der Waals surface area contributed by atoms with Crippen molar-refractivity contribution >= 4 is 17.5 Å². The van der Waals surface area contributed by atoms with Gasteiger partial charge in [-0.1, -0.05) is 30.0 Å². The summed E-state index contributed by atoms with van der Waals surface area (Å²) in [5.74, 6) is -4.55. The third-order valence-electron chi connectivity index (χ3n) is 4.69. The van der Waals surface area contributed by atoms with Gasteiger partial charge < -0.3 is 25.4 Å². The van der Waals surface area contributed by atoms with E-state index in [4.69, 9.17) is 10.3 Å². The highest BCUT2D eigenvalue weighted by Gasteiger charge is 2.44. The highest BCUT2D eigenvalue weighted by molar-refractivity contribution is 7.99. The van der Waals surface area contributed by atoms with Gasteiger partial charge in [0.05, 0.1) is 12.6 Å². The third-order valence-corrected chi connectivity index (χ3v) is 5.86. The van der Waals surface area contributed by atoms with E-state index in [2.05, 4.69) is 10.4 Å². The monoisotopic (exact) mass is 455 g/mol. The lowest BCUT2D eigenvalue weighted by Gasteiger charge is -2.42. The summed E-state index contributed by atoms with van der Waals surface area (Å²) >= 11 is 1.18. The van der Waals surface area contributed by atoms with Crippen molar-refractivity contribution in [3.63, 3.8) is 0 Å². The van der Waals surface area contributed by atoms with Crippen LogP contribution in [0.2, 0.25) is 0 Å². The Bertz CT molecular complexity index is 928. The van der Waals surface area contributed by atoms with Gasteiger partial charge in [-0.05, 0) is 24.3 Å². The molecule has 166 valence electrons. The molecule has 5 N–H and O–H groups in total. The number of hydrogen-bond acceptors (Lipinski definition) is 8. The maximum Gasteiger partial charge on any atom is 0.194 e. The number of halogens is 3. The molecule has 0 spiro atoms. The SMILES string of the molecule is N=N/C(=C\NC1C(O)[C@@H](Sc2ccccc2)OC(CO)[C@@H]1O)c1cc(F)c(F)c(F)c1. The van der Waals surface area contributed by atoms with Crippen molar-refractivity contribution in [2.45, 2.75) is 34.7 Å². The maximum atomic E-state index is 13.5. The van der Waals surface area contributed by atoms with Gasteiger partial charge >= 0.3 is 0 Å². The van der Waals surface area contributed by atoms with Crippen LogP contribution in [0.4, 0.5) is 13.2 Å². The molecule has 7 nitrogen and oxygen atoms in total. The van der Waals surface area contributed by atoms with Crippen LogP contribution in [-0.2, 0) is 4.74 Å². The van der Waals surface area contributed by atoms with Gasteiger partial charge in [0.25, 0.3) is 0 Å². The van der Waals surface area contributed by atoms with Crippen LogP contribution in [0.1, 0.15) is 5.56 Å². The number of benzene rings is 2. The van der Waals surface area contributed by atoms with Crippen LogP contribution >= 0.6 is 11.8 Å². The average Bonchev–Trinajstić information content (AvgIpc) is 2.77. The van der Waals surface area contributed by atoms with Gasteiger partial charge in [0.2, 0.25) is 0 Å². The molecule has 0 aliphatic carbocycles. The lowest BCUT2D eigenvalue weighted by Crippen LogP contribution is -2.61. The molecule has 1 aliphatic rings. The van der Waals surface area contributed by atoms with E-state index >= 15 is 0 Å². The first-order chi connectivity index (χ1) is 14.8. The smallest absolute Gasteiger partial charge is 0.194 e. The lowest BCUT2D eigenvalue weighted by atomic mass is 9.97. The number of nitrogens with one attached hydrogen (secondary N) is 2. The van der Waals surface area contributed by atoms with E-state index in [1.54, 1.807) is 24.3 Å². The van der Waals surface area contributed by atoms with Gasteiger partial charge in [0.1, 0.15) is 29.4 Å². The van der Waals surface area contributed by atoms with Crippen LogP contribution in [0, 0.1) is 23.0 Å². The Balaban J connectivity index is 1.83. The molecule has 0 saturated carbocycles. The van der Waals surface area contributed by atoms with Gasteiger partial charge in [0, 0.05) is 16.7 Å². The summed E-state index contributed by atoms with van der Waals surface area (Å²) in [6.07, 6.45) is -2.57. The van der Waals surface area contributed by atoms with Crippen LogP contribution in [-0.4, -0.2) is 51.7 Å². The van der Waals surface area contributed by atoms with Crippen molar-refractivity contribution in [3.8, 4) is 0 Å². The zero-order chi connectivity index (χ0) is 22.5. The summed E-state index contributed by atoms with van der Waals surface area (Å²) in [5.41, 5.74) is 5.92. The van der Waals surface area contributed by atoms with Crippen molar-refractivity contribution in [3.05, 3.63) is 71.7 Å². The number of aliphatic hydroxyl groups excluding tert-OH is 3. The predicted octanol–water partition coefficient (Wildman–Crippen LogP) is 2.62. The summed E-state index contributed by atoms with van der Waals surface area (Å²) < 4.78 is 45.8. The lowest BCUT2D eigenvalue weighted by molar-refractivity contribution is -0.164. The molecule has 0 amide bonds. The number of nitrogens with zero attached hydrogens (tertiary/aromatic N) is 1. The summed E-state index contributed by atoms with van der Waals surface area (Å²) in [6.45, 7) is -0.522. The summed E-state index contributed by atoms with van der Waals surface area (Å²) in [6, 6.07) is 9.31. The molecule has 31 heavy (non-hydrogen) atoms. The first-order valence-corrected chi connectivity index (χ1v) is 10.1. The molecule has 0 bridgehead atoms. The molecule has 2 aromatic carbocycles. The van der Waals surface area contributed by atoms with E-state index in [-0.39, 0.29) is 11.3 Å². The van der Waals surface area contributed by atoms with E-state index in [1.165, 1.54) is 11.8 Å². The maximum absolute atomic E-state index is 13.5. The van der Waals surface area contributed by atoms with E-state index in [9.17, 15) is 28.5 Å². The van der Waals surface area contributed by atoms with Crippen molar-refractivity contribution in [1.82, 2.24) is 5.32 Å². The standard InChI is InChI=1S/C20H20F3N3O4S/c21-12-6-10(7-13(22)16(12)23)14(26-24)8-25-17-18(28)15(9-27)30-20(19(17)29)31-11-4-2-1-3-5-11/h1-8,15,17-20,24-25,27-29H,9H2/b14-8-,26-24?/t15?,17?,18-,19?,20+/m0/s1. The Kier molecular flexibility index (Phi) is 7.68. The number of rotatable bonds is 7. The number of ether oxygens (including phenoxy) is 1. The Hall–Kier alpha value is -2.44. The molecule has 3 rings (SSSR count). The van der Waals surface area contributed by atoms with Crippen molar-refractivity contribution < 1.29 is 33.2 Å². The predicted molar refractivity (Wildman–Crippen MR) is 106 cm³/mol. The fourth-order valence-electron chi connectivity index (χ4n) is 3.07. The van der Waals surface area contributed by atoms with Crippen LogP contribution in [0.5, 0.6) is 0 Å². The Morgan fingerprint density at radius 3 is 2.35 bits per heavy atom. The quantitative estimate of drug-likeness (QED) is 0.324. The van der Waals surface area contributed by atoms with Crippen molar-refractivity contribution in [2.75, 3.05) is 6.61 Å². The van der Waals surface area contributed by atoms with Crippen molar-refractivity contribution in [1.29, 1.82) is 5.53 Å². The van der Waals surface area contributed by atoms with Crippen molar-refractivity contribution in [2.24, 2.45) is 5.11 Å². The molecular weight excluding hydrogens is 435 g/mol. The molecule has 0 aromatic heterocycles. The molecule has 2 aromatic rings. The number of thioether (sulfide) groups is 1. The highest BCUT2D eigenvalue weighted by atomic mass is 32.2. The Morgan fingerprint density at radius 1 is 1.13 bits per heavy atom. The van der Waals surface area contributed by atoms with Crippen LogP contribution in [0.3, 0.4) is 0 Å². The van der Waals surface area contributed by atoms with Gasteiger partial charge in [0.15, 0.2) is 17.5 Å². The molecule has 1 fully saturated rings. The average molecular weight is 455 g/mol. The van der Waals surface area contributed by atoms with E-state index < -0.39 is 53.8 Å². The minimum atomic E-state index is -1.65. The molecule has 1 aliphatic heterocycles. The normalized spacial score (nSPS) is 26.5. The second kappa shape index (κ2) is 10.2. The fraction of sp³-hybridized carbons (Fsp3) is 0.300. The zero-order valence-electron chi connectivity index (χ0n) is 16.0. The zero-order valence-corrected chi connectivity index (χ0v) is 16.8. The van der Waals surface area contributed by atoms with Gasteiger partial charge in [-0.25, -0.2) is 18.7 Å². The first kappa shape index (κ1) is 23.2. The summed E-state index contributed by atoms with van der Waals surface area (Å²) in [4.78, 5) is 0.785. The molecule has 0 radical (unpaired) electrons. The second-order valence-corrected chi connectivity index (χ2v) is 7.90. The Labute approximate surface area is 180 Å². The van der Waals surface area contributed by atoms with E-state index in [0.717, 1.165) is 11.1 Å². The van der Waals surface area contributed by atoms with Crippen LogP contribution in [0.25, 0.3) is 5.70 Å². The Morgan fingerprint density at radius 2 is 1.77 bits per heavy atom. The van der Waals surface area contributed by atoms with Gasteiger partial charge in [-0.15, -0.1) is 0 Å².